The lowest BCUT2D eigenvalue weighted by atomic mass is 9.85. The molecule has 2 aromatic heterocycles. The average Bonchev–Trinajstić information content (AvgIpc) is 3.13. The maximum absolute atomic E-state index is 4.80. The Morgan fingerprint density at radius 3 is 1.70 bits per heavy atom. The van der Waals surface area contributed by atoms with Crippen LogP contribution in [0.3, 0.4) is 0 Å². The summed E-state index contributed by atoms with van der Waals surface area (Å²) in [6, 6.07) is 56.6. The molecule has 7 aromatic carbocycles. The van der Waals surface area contributed by atoms with E-state index >= 15 is 0 Å². The first-order chi connectivity index (χ1) is 22.8. The summed E-state index contributed by atoms with van der Waals surface area (Å²) in [7, 11) is 0. The predicted octanol–water partition coefficient (Wildman–Crippen LogP) is 11.8. The Hall–Kier alpha value is -6.12. The normalized spacial score (nSPS) is 11.5. The molecule has 0 fully saturated rings. The molecule has 0 saturated heterocycles. The SMILES string of the molecule is c1ccc(-c2c3ccccc3c(-c3ccc4cccc(-c5ccnc(-c6ccnc7ccccc67)c5)c4c3)c3ccccc23)cc1. The van der Waals surface area contributed by atoms with Crippen LogP contribution >= 0.6 is 0 Å². The number of para-hydroxylation sites is 1. The van der Waals surface area contributed by atoms with Gasteiger partial charge in [-0.1, -0.05) is 127 Å². The molecule has 0 aliphatic carbocycles. The molecule has 0 aliphatic heterocycles. The van der Waals surface area contributed by atoms with Gasteiger partial charge in [0.25, 0.3) is 0 Å². The highest BCUT2D eigenvalue weighted by Gasteiger charge is 2.17. The van der Waals surface area contributed by atoms with Crippen LogP contribution in [-0.4, -0.2) is 9.97 Å². The molecule has 214 valence electrons. The number of hydrogen-bond acceptors (Lipinski definition) is 2. The Balaban J connectivity index is 1.27. The molecule has 0 unspecified atom stereocenters. The van der Waals surface area contributed by atoms with E-state index in [2.05, 4.69) is 157 Å². The summed E-state index contributed by atoms with van der Waals surface area (Å²) in [4.78, 5) is 9.37. The second-order valence-electron chi connectivity index (χ2n) is 11.8. The minimum absolute atomic E-state index is 0.942. The van der Waals surface area contributed by atoms with E-state index in [4.69, 9.17) is 4.98 Å². The first kappa shape index (κ1) is 26.3. The maximum atomic E-state index is 4.80. The number of aromatic nitrogens is 2. The largest absolute Gasteiger partial charge is 0.256 e. The molecule has 2 heteroatoms. The number of nitrogens with zero attached hydrogens (tertiary/aromatic N) is 2. The number of fused-ring (bicyclic) bond motifs is 4. The highest BCUT2D eigenvalue weighted by Crippen LogP contribution is 2.44. The molecule has 0 bridgehead atoms. The van der Waals surface area contributed by atoms with E-state index in [1.54, 1.807) is 0 Å². The second kappa shape index (κ2) is 10.8. The molecular formula is C44H28N2. The van der Waals surface area contributed by atoms with Crippen molar-refractivity contribution in [1.29, 1.82) is 0 Å². The number of hydrogen-bond donors (Lipinski definition) is 0. The second-order valence-corrected chi connectivity index (χ2v) is 11.8. The van der Waals surface area contributed by atoms with Gasteiger partial charge in [-0.15, -0.1) is 0 Å². The first-order valence-corrected chi connectivity index (χ1v) is 15.7. The van der Waals surface area contributed by atoms with Gasteiger partial charge in [0.05, 0.1) is 11.2 Å². The van der Waals surface area contributed by atoms with Gasteiger partial charge in [0.1, 0.15) is 0 Å². The zero-order chi connectivity index (χ0) is 30.5. The minimum atomic E-state index is 0.942. The van der Waals surface area contributed by atoms with E-state index < -0.39 is 0 Å². The lowest BCUT2D eigenvalue weighted by Gasteiger charge is -2.18. The summed E-state index contributed by atoms with van der Waals surface area (Å²) in [6.07, 6.45) is 3.79. The van der Waals surface area contributed by atoms with Crippen molar-refractivity contribution < 1.29 is 0 Å². The first-order valence-electron chi connectivity index (χ1n) is 15.7. The van der Waals surface area contributed by atoms with Crippen LogP contribution in [0.1, 0.15) is 0 Å². The average molecular weight is 585 g/mol. The molecule has 0 atom stereocenters. The molecule has 46 heavy (non-hydrogen) atoms. The van der Waals surface area contributed by atoms with Gasteiger partial charge >= 0.3 is 0 Å². The van der Waals surface area contributed by atoms with Crippen LogP contribution in [0.4, 0.5) is 0 Å². The van der Waals surface area contributed by atoms with Gasteiger partial charge in [-0.25, -0.2) is 0 Å². The Bertz CT molecular complexity index is 2520. The van der Waals surface area contributed by atoms with E-state index in [1.807, 2.05) is 18.5 Å². The fourth-order valence-electron chi connectivity index (χ4n) is 7.10. The van der Waals surface area contributed by atoms with Crippen LogP contribution < -0.4 is 0 Å². The topological polar surface area (TPSA) is 25.8 Å². The zero-order valence-corrected chi connectivity index (χ0v) is 25.1. The summed E-state index contributed by atoms with van der Waals surface area (Å²) in [6.45, 7) is 0. The molecule has 2 nitrogen and oxygen atoms in total. The Morgan fingerprint density at radius 2 is 0.957 bits per heavy atom. The lowest BCUT2D eigenvalue weighted by molar-refractivity contribution is 1.32. The van der Waals surface area contributed by atoms with Crippen molar-refractivity contribution in [3.63, 3.8) is 0 Å². The number of rotatable bonds is 4. The Kier molecular flexibility index (Phi) is 6.17. The van der Waals surface area contributed by atoms with E-state index in [1.165, 1.54) is 60.1 Å². The summed E-state index contributed by atoms with van der Waals surface area (Å²) < 4.78 is 0. The summed E-state index contributed by atoms with van der Waals surface area (Å²) >= 11 is 0. The third-order valence-electron chi connectivity index (χ3n) is 9.16. The van der Waals surface area contributed by atoms with E-state index in [0.717, 1.165) is 27.7 Å². The van der Waals surface area contributed by atoms with Crippen molar-refractivity contribution >= 4 is 43.2 Å². The molecule has 0 aliphatic rings. The summed E-state index contributed by atoms with van der Waals surface area (Å²) in [5.41, 5.74) is 10.3. The number of pyridine rings is 2. The summed E-state index contributed by atoms with van der Waals surface area (Å²) in [5, 5.41) is 8.58. The smallest absolute Gasteiger partial charge is 0.0715 e. The van der Waals surface area contributed by atoms with Gasteiger partial charge in [-0.3, -0.25) is 9.97 Å². The van der Waals surface area contributed by atoms with Crippen LogP contribution in [0.5, 0.6) is 0 Å². The van der Waals surface area contributed by atoms with Crippen LogP contribution in [0.15, 0.2) is 170 Å². The standard InChI is InChI=1S/C44H28N2/c1-2-11-30(12-3-1)43-36-15-4-6-17-38(36)44(39-18-7-5-16-37(39)43)32-22-21-29-13-10-19-33(40(29)27-32)31-23-25-46-42(28-31)35-24-26-45-41-20-9-8-14-34(35)41/h1-28H. The van der Waals surface area contributed by atoms with E-state index in [9.17, 15) is 0 Å². The number of benzene rings is 7. The Morgan fingerprint density at radius 1 is 0.326 bits per heavy atom. The third-order valence-corrected chi connectivity index (χ3v) is 9.16. The van der Waals surface area contributed by atoms with Crippen LogP contribution in [-0.2, 0) is 0 Å². The molecule has 0 spiro atoms. The minimum Gasteiger partial charge on any atom is -0.256 e. The maximum Gasteiger partial charge on any atom is 0.0715 e. The lowest BCUT2D eigenvalue weighted by Crippen LogP contribution is -1.91. The monoisotopic (exact) mass is 584 g/mol. The Labute approximate surface area is 267 Å². The van der Waals surface area contributed by atoms with Gasteiger partial charge in [0, 0.05) is 23.3 Å². The van der Waals surface area contributed by atoms with Gasteiger partial charge in [0.15, 0.2) is 0 Å². The van der Waals surface area contributed by atoms with Gasteiger partial charge in [0.2, 0.25) is 0 Å². The predicted molar refractivity (Wildman–Crippen MR) is 194 cm³/mol. The van der Waals surface area contributed by atoms with Crippen molar-refractivity contribution in [2.45, 2.75) is 0 Å². The zero-order valence-electron chi connectivity index (χ0n) is 25.1. The quantitative estimate of drug-likeness (QED) is 0.192. The van der Waals surface area contributed by atoms with Crippen LogP contribution in [0.25, 0.3) is 87.9 Å². The van der Waals surface area contributed by atoms with Gasteiger partial charge in [-0.2, -0.15) is 0 Å². The highest BCUT2D eigenvalue weighted by molar-refractivity contribution is 6.22. The van der Waals surface area contributed by atoms with Crippen molar-refractivity contribution in [3.05, 3.63) is 170 Å². The molecule has 0 amide bonds. The molecule has 0 N–H and O–H groups in total. The molecular weight excluding hydrogens is 556 g/mol. The van der Waals surface area contributed by atoms with Crippen LogP contribution in [0, 0.1) is 0 Å². The fraction of sp³-hybridized carbons (Fsp3) is 0. The third kappa shape index (κ3) is 4.27. The molecule has 9 aromatic rings. The van der Waals surface area contributed by atoms with E-state index in [0.29, 0.717) is 0 Å². The summed E-state index contributed by atoms with van der Waals surface area (Å²) in [5.74, 6) is 0. The van der Waals surface area contributed by atoms with Crippen molar-refractivity contribution in [2.24, 2.45) is 0 Å². The van der Waals surface area contributed by atoms with Crippen LogP contribution in [0.2, 0.25) is 0 Å². The van der Waals surface area contributed by atoms with Gasteiger partial charge in [-0.05, 0) is 96.0 Å². The van der Waals surface area contributed by atoms with Gasteiger partial charge < -0.3 is 0 Å². The fourth-order valence-corrected chi connectivity index (χ4v) is 7.10. The molecule has 9 rings (SSSR count). The van der Waals surface area contributed by atoms with Crippen molar-refractivity contribution in [2.75, 3.05) is 0 Å². The van der Waals surface area contributed by atoms with Crippen molar-refractivity contribution in [3.8, 4) is 44.6 Å². The molecule has 0 saturated carbocycles. The molecule has 2 heterocycles. The van der Waals surface area contributed by atoms with E-state index in [-0.39, 0.29) is 0 Å². The highest BCUT2D eigenvalue weighted by atomic mass is 14.7. The molecule has 0 radical (unpaired) electrons. The van der Waals surface area contributed by atoms with Crippen molar-refractivity contribution in [1.82, 2.24) is 9.97 Å².